The van der Waals surface area contributed by atoms with Gasteiger partial charge in [-0.25, -0.2) is 0 Å². The number of allylic oxidation sites excluding steroid dienone is 4. The summed E-state index contributed by atoms with van der Waals surface area (Å²) >= 11 is 6.61. The number of carbonyl (C=O) groups excluding carboxylic acids is 1. The van der Waals surface area contributed by atoms with Crippen LogP contribution in [-0.2, 0) is 9.53 Å². The minimum Gasteiger partial charge on any atom is -0.463 e. The quantitative estimate of drug-likeness (QED) is 0.163. The third-order valence-corrected chi connectivity index (χ3v) is 6.43. The molecule has 0 saturated heterocycles. The molecular weight excluding hydrogens is 396 g/mol. The van der Waals surface area contributed by atoms with Crippen LogP contribution in [-0.4, -0.2) is 28.7 Å². The van der Waals surface area contributed by atoms with Crippen LogP contribution >= 0.6 is 11.6 Å². The Hall–Kier alpha value is -1.06. The highest BCUT2D eigenvalue weighted by atomic mass is 35.5. The number of aliphatic hydroxyl groups is 1. The molecule has 0 aromatic rings. The molecule has 30 heavy (non-hydrogen) atoms. The van der Waals surface area contributed by atoms with Crippen molar-refractivity contribution in [2.24, 2.45) is 17.3 Å². The van der Waals surface area contributed by atoms with Gasteiger partial charge < -0.3 is 9.84 Å². The Bertz CT molecular complexity index is 612. The van der Waals surface area contributed by atoms with Crippen LogP contribution in [0.25, 0.3) is 0 Å². The van der Waals surface area contributed by atoms with Crippen molar-refractivity contribution >= 4 is 17.6 Å². The molecule has 1 aliphatic rings. The zero-order chi connectivity index (χ0) is 22.9. The van der Waals surface area contributed by atoms with E-state index < -0.39 is 6.10 Å². The number of hydrogen-bond donors (Lipinski definition) is 1. The fourth-order valence-corrected chi connectivity index (χ4v) is 4.82. The molecule has 0 aromatic heterocycles. The molecule has 4 atom stereocenters. The molecule has 0 unspecified atom stereocenters. The van der Waals surface area contributed by atoms with Gasteiger partial charge in [-0.05, 0) is 62.5 Å². The Morgan fingerprint density at radius 3 is 2.40 bits per heavy atom. The fraction of sp³-hybridized carbons (Fsp3) is 0.731. The predicted molar refractivity (Wildman–Crippen MR) is 128 cm³/mol. The number of carbonyl (C=O) groups is 1. The maximum absolute atomic E-state index is 11.6. The number of esters is 1. The van der Waals surface area contributed by atoms with E-state index in [-0.39, 0.29) is 34.7 Å². The molecule has 1 fully saturated rings. The maximum atomic E-state index is 11.6. The second kappa shape index (κ2) is 12.7. The van der Waals surface area contributed by atoms with Gasteiger partial charge in [0.25, 0.3) is 0 Å². The van der Waals surface area contributed by atoms with Gasteiger partial charge in [0.05, 0.1) is 12.2 Å². The molecule has 0 radical (unpaired) electrons. The summed E-state index contributed by atoms with van der Waals surface area (Å²) in [5.41, 5.74) is 2.30. The van der Waals surface area contributed by atoms with E-state index in [1.165, 1.54) is 5.57 Å². The van der Waals surface area contributed by atoms with Crippen molar-refractivity contribution in [3.63, 3.8) is 0 Å². The monoisotopic (exact) mass is 438 g/mol. The zero-order valence-corrected chi connectivity index (χ0v) is 20.7. The predicted octanol–water partition coefficient (Wildman–Crippen LogP) is 6.99. The van der Waals surface area contributed by atoms with Crippen LogP contribution < -0.4 is 0 Å². The molecule has 1 rings (SSSR count). The summed E-state index contributed by atoms with van der Waals surface area (Å²) in [5, 5.41) is 10.6. The first-order chi connectivity index (χ1) is 14.0. The first-order valence-corrected chi connectivity index (χ1v) is 12.0. The van der Waals surface area contributed by atoms with Gasteiger partial charge in [-0.3, -0.25) is 4.79 Å². The summed E-state index contributed by atoms with van der Waals surface area (Å²) in [6, 6.07) is 0. The van der Waals surface area contributed by atoms with Crippen molar-refractivity contribution in [3.8, 4) is 0 Å². The number of unbranched alkanes of at least 4 members (excludes halogenated alkanes) is 3. The molecule has 0 heterocycles. The van der Waals surface area contributed by atoms with Crippen molar-refractivity contribution in [3.05, 3.63) is 36.0 Å². The normalized spacial score (nSPS) is 25.3. The van der Waals surface area contributed by atoms with Gasteiger partial charge >= 0.3 is 5.97 Å². The van der Waals surface area contributed by atoms with Crippen molar-refractivity contribution < 1.29 is 14.6 Å². The van der Waals surface area contributed by atoms with Crippen LogP contribution in [0.2, 0.25) is 0 Å². The van der Waals surface area contributed by atoms with Crippen LogP contribution in [0, 0.1) is 17.3 Å². The molecule has 1 aliphatic carbocycles. The van der Waals surface area contributed by atoms with Crippen LogP contribution in [0.15, 0.2) is 36.0 Å². The van der Waals surface area contributed by atoms with Gasteiger partial charge in [0.2, 0.25) is 0 Å². The summed E-state index contributed by atoms with van der Waals surface area (Å²) < 4.78 is 5.17. The molecule has 0 spiro atoms. The molecule has 3 nitrogen and oxygen atoms in total. The topological polar surface area (TPSA) is 46.5 Å². The fourth-order valence-electron chi connectivity index (χ4n) is 4.36. The lowest BCUT2D eigenvalue weighted by Gasteiger charge is -2.25. The van der Waals surface area contributed by atoms with Crippen molar-refractivity contribution in [1.29, 1.82) is 0 Å². The van der Waals surface area contributed by atoms with Gasteiger partial charge in [-0.2, -0.15) is 0 Å². The highest BCUT2D eigenvalue weighted by Gasteiger charge is 2.41. The zero-order valence-electron chi connectivity index (χ0n) is 19.9. The van der Waals surface area contributed by atoms with Gasteiger partial charge in [0.15, 0.2) is 0 Å². The van der Waals surface area contributed by atoms with Crippen LogP contribution in [0.3, 0.4) is 0 Å². The summed E-state index contributed by atoms with van der Waals surface area (Å²) in [7, 11) is 0. The van der Waals surface area contributed by atoms with E-state index in [2.05, 4.69) is 52.5 Å². The second-order valence-corrected chi connectivity index (χ2v) is 10.5. The SMILES string of the molecule is C=C(/C=C\C(=C/C)C(C)(C)C)[C@@H]1[C@@H](CCCCCCC(=O)OC(C)C)[C@H](Cl)C[C@H]1O. The minimum absolute atomic E-state index is 0.0139. The second-order valence-electron chi connectivity index (χ2n) is 9.90. The highest BCUT2D eigenvalue weighted by molar-refractivity contribution is 6.21. The molecule has 1 saturated carbocycles. The standard InChI is InChI=1S/C26H43ClO3/c1-8-20(26(5,6)7)16-15-19(4)25-21(22(27)17-23(25)28)13-11-9-10-12-14-24(29)30-18(2)3/h8,15-16,18,21-23,25,28H,4,9-14,17H2,1-3,5-7H3/b16-15-,20-8+/t21-,22+,23+,25+/m0/s1. The van der Waals surface area contributed by atoms with E-state index in [0.29, 0.717) is 12.8 Å². The summed E-state index contributed by atoms with van der Waals surface area (Å²) in [4.78, 5) is 11.6. The minimum atomic E-state index is -0.427. The highest BCUT2D eigenvalue weighted by Crippen LogP contribution is 2.43. The van der Waals surface area contributed by atoms with Gasteiger partial charge in [-0.15, -0.1) is 11.6 Å². The smallest absolute Gasteiger partial charge is 0.306 e. The lowest BCUT2D eigenvalue weighted by molar-refractivity contribution is -0.147. The van der Waals surface area contributed by atoms with Gasteiger partial charge in [0, 0.05) is 17.7 Å². The lowest BCUT2D eigenvalue weighted by Crippen LogP contribution is -2.22. The molecule has 1 N–H and O–H groups in total. The van der Waals surface area contributed by atoms with E-state index in [1.807, 2.05) is 13.8 Å². The number of alkyl halides is 1. The Balaban J connectivity index is 2.54. The number of hydrogen-bond acceptors (Lipinski definition) is 3. The Labute approximate surface area is 189 Å². The Morgan fingerprint density at radius 2 is 1.83 bits per heavy atom. The molecule has 0 aromatic carbocycles. The van der Waals surface area contributed by atoms with Crippen molar-refractivity contribution in [1.82, 2.24) is 0 Å². The molecule has 0 amide bonds. The van der Waals surface area contributed by atoms with Gasteiger partial charge in [0.1, 0.15) is 0 Å². The van der Waals surface area contributed by atoms with E-state index in [9.17, 15) is 9.90 Å². The van der Waals surface area contributed by atoms with Crippen molar-refractivity contribution in [2.45, 2.75) is 104 Å². The van der Waals surface area contributed by atoms with E-state index in [0.717, 1.165) is 37.7 Å². The van der Waals surface area contributed by atoms with Crippen LogP contribution in [0.1, 0.15) is 86.5 Å². The molecule has 4 heteroatoms. The van der Waals surface area contributed by atoms with Gasteiger partial charge in [-0.1, -0.05) is 64.8 Å². The first-order valence-electron chi connectivity index (χ1n) is 11.5. The molecule has 0 bridgehead atoms. The van der Waals surface area contributed by atoms with E-state index >= 15 is 0 Å². The molecule has 0 aliphatic heterocycles. The number of ether oxygens (including phenoxy) is 1. The summed E-state index contributed by atoms with van der Waals surface area (Å²) in [6.07, 6.45) is 11.9. The first kappa shape index (κ1) is 27.0. The Kier molecular flexibility index (Phi) is 11.4. The summed E-state index contributed by atoms with van der Waals surface area (Å²) in [6.45, 7) is 16.7. The van der Waals surface area contributed by atoms with E-state index in [4.69, 9.17) is 16.3 Å². The molecule has 172 valence electrons. The Morgan fingerprint density at radius 1 is 1.20 bits per heavy atom. The largest absolute Gasteiger partial charge is 0.463 e. The lowest BCUT2D eigenvalue weighted by atomic mass is 9.82. The molecular formula is C26H43ClO3. The third kappa shape index (κ3) is 8.98. The number of aliphatic hydroxyl groups excluding tert-OH is 1. The number of halogens is 1. The van der Waals surface area contributed by atoms with Crippen molar-refractivity contribution in [2.75, 3.05) is 0 Å². The van der Waals surface area contributed by atoms with Crippen LogP contribution in [0.5, 0.6) is 0 Å². The average molecular weight is 439 g/mol. The summed E-state index contributed by atoms with van der Waals surface area (Å²) in [5.74, 6) is 0.153. The van der Waals surface area contributed by atoms with Crippen LogP contribution in [0.4, 0.5) is 0 Å². The maximum Gasteiger partial charge on any atom is 0.306 e. The number of rotatable bonds is 11. The van der Waals surface area contributed by atoms with E-state index in [1.54, 1.807) is 0 Å². The third-order valence-electron chi connectivity index (χ3n) is 5.92. The average Bonchev–Trinajstić information content (AvgIpc) is 2.89.